The summed E-state index contributed by atoms with van der Waals surface area (Å²) < 4.78 is 33.4. The number of carbonyl (C=O) groups is 2. The van der Waals surface area contributed by atoms with Gasteiger partial charge in [-0.25, -0.2) is 13.2 Å². The van der Waals surface area contributed by atoms with Gasteiger partial charge >= 0.3 is 5.97 Å². The van der Waals surface area contributed by atoms with Crippen LogP contribution in [-0.2, 0) is 14.6 Å². The third kappa shape index (κ3) is 5.92. The first-order chi connectivity index (χ1) is 16.1. The van der Waals surface area contributed by atoms with Crippen molar-refractivity contribution in [3.05, 3.63) is 70.8 Å². The fourth-order valence-corrected chi connectivity index (χ4v) is 4.25. The summed E-state index contributed by atoms with van der Waals surface area (Å²) in [4.78, 5) is 28.5. The zero-order chi connectivity index (χ0) is 24.9. The van der Waals surface area contributed by atoms with Crippen LogP contribution in [0.4, 0.5) is 5.13 Å². The summed E-state index contributed by atoms with van der Waals surface area (Å²) in [5.74, 6) is -0.961. The molecule has 11 heteroatoms. The number of nitriles is 1. The Morgan fingerprint density at radius 3 is 2.35 bits per heavy atom. The lowest BCUT2D eigenvalue weighted by Gasteiger charge is -2.05. The minimum atomic E-state index is -3.68. The fourth-order valence-electron chi connectivity index (χ4n) is 2.55. The van der Waals surface area contributed by atoms with Gasteiger partial charge in [0.2, 0.25) is 15.0 Å². The number of aromatic nitrogens is 2. The Kier molecular flexibility index (Phi) is 7.55. The minimum Gasteiger partial charge on any atom is -0.423 e. The SMILES string of the molecule is Cc1ccc(C(=O)Oc2ccc(/C=C(/C#N)C(=O)Nc3nc(S(=O)(=O)C(C)C)ns3)cc2)cc1. The second-order valence-corrected chi connectivity index (χ2v) is 10.6. The Labute approximate surface area is 200 Å². The Hall–Kier alpha value is -3.88. The Bertz CT molecular complexity index is 1380. The molecule has 1 heterocycles. The van der Waals surface area contributed by atoms with Crippen molar-refractivity contribution in [2.24, 2.45) is 0 Å². The number of ether oxygens (including phenoxy) is 1. The van der Waals surface area contributed by atoms with Crippen LogP contribution in [0, 0.1) is 18.3 Å². The van der Waals surface area contributed by atoms with Crippen LogP contribution in [0.1, 0.15) is 35.3 Å². The van der Waals surface area contributed by atoms with Gasteiger partial charge in [-0.2, -0.15) is 14.6 Å². The number of carbonyl (C=O) groups excluding carboxylic acids is 2. The number of anilines is 1. The van der Waals surface area contributed by atoms with Crippen LogP contribution in [0.15, 0.2) is 59.3 Å². The number of hydrogen-bond acceptors (Lipinski definition) is 9. The zero-order valence-corrected chi connectivity index (χ0v) is 20.1. The van der Waals surface area contributed by atoms with Crippen LogP contribution in [0.5, 0.6) is 5.75 Å². The predicted octanol–water partition coefficient (Wildman–Crippen LogP) is 3.79. The molecule has 0 aliphatic heterocycles. The highest BCUT2D eigenvalue weighted by molar-refractivity contribution is 7.91. The van der Waals surface area contributed by atoms with Crippen molar-refractivity contribution in [1.29, 1.82) is 5.26 Å². The molecule has 0 saturated carbocycles. The highest BCUT2D eigenvalue weighted by Crippen LogP contribution is 2.20. The molecule has 0 saturated heterocycles. The maximum Gasteiger partial charge on any atom is 0.343 e. The van der Waals surface area contributed by atoms with Crippen LogP contribution >= 0.6 is 11.5 Å². The lowest BCUT2D eigenvalue weighted by atomic mass is 10.1. The molecule has 0 fully saturated rings. The Balaban J connectivity index is 1.68. The molecule has 0 aliphatic carbocycles. The van der Waals surface area contributed by atoms with Gasteiger partial charge in [-0.1, -0.05) is 29.8 Å². The Morgan fingerprint density at radius 2 is 1.76 bits per heavy atom. The van der Waals surface area contributed by atoms with E-state index in [1.165, 1.54) is 19.9 Å². The van der Waals surface area contributed by atoms with Crippen molar-refractivity contribution < 1.29 is 22.7 Å². The molecule has 0 atom stereocenters. The van der Waals surface area contributed by atoms with E-state index in [1.54, 1.807) is 42.5 Å². The third-order valence-electron chi connectivity index (χ3n) is 4.56. The van der Waals surface area contributed by atoms with E-state index in [0.29, 0.717) is 28.4 Å². The van der Waals surface area contributed by atoms with E-state index in [1.807, 2.05) is 19.1 Å². The number of nitrogens with one attached hydrogen (secondary N) is 1. The van der Waals surface area contributed by atoms with Gasteiger partial charge in [0.1, 0.15) is 17.4 Å². The number of esters is 1. The molecule has 0 radical (unpaired) electrons. The van der Waals surface area contributed by atoms with Gasteiger partial charge in [-0.15, -0.1) is 0 Å². The van der Waals surface area contributed by atoms with Gasteiger partial charge in [0.05, 0.1) is 10.8 Å². The topological polar surface area (TPSA) is 139 Å². The fraction of sp³-hybridized carbons (Fsp3) is 0.174. The van der Waals surface area contributed by atoms with Crippen molar-refractivity contribution in [1.82, 2.24) is 9.36 Å². The van der Waals surface area contributed by atoms with Gasteiger partial charge in [-0.3, -0.25) is 10.1 Å². The summed E-state index contributed by atoms with van der Waals surface area (Å²) >= 11 is 0.706. The van der Waals surface area contributed by atoms with Crippen molar-refractivity contribution in [2.45, 2.75) is 31.2 Å². The standard InChI is InChI=1S/C23H20N4O5S2/c1-14(2)34(30,31)23-26-22(33-27-23)25-20(28)18(13-24)12-16-6-10-19(11-7-16)32-21(29)17-8-4-15(3)5-9-17/h4-12,14H,1-3H3,(H,25,26,27,28)/b18-12-. The molecule has 1 N–H and O–H groups in total. The van der Waals surface area contributed by atoms with Crippen molar-refractivity contribution in [3.8, 4) is 11.8 Å². The van der Waals surface area contributed by atoms with Crippen LogP contribution in [0.3, 0.4) is 0 Å². The first kappa shape index (κ1) is 24.8. The van der Waals surface area contributed by atoms with Crippen LogP contribution in [-0.4, -0.2) is 34.9 Å². The molecule has 1 amide bonds. The number of hydrogen-bond donors (Lipinski definition) is 1. The van der Waals surface area contributed by atoms with E-state index in [2.05, 4.69) is 14.7 Å². The van der Waals surface area contributed by atoms with Crippen molar-refractivity contribution in [2.75, 3.05) is 5.32 Å². The summed E-state index contributed by atoms with van der Waals surface area (Å²) in [5, 5.41) is 10.6. The molecule has 174 valence electrons. The molecule has 3 aromatic rings. The molecule has 3 rings (SSSR count). The normalized spacial score (nSPS) is 11.7. The first-order valence-electron chi connectivity index (χ1n) is 10.00. The number of rotatable bonds is 7. The largest absolute Gasteiger partial charge is 0.423 e. The maximum absolute atomic E-state index is 12.5. The summed E-state index contributed by atoms with van der Waals surface area (Å²) in [7, 11) is -3.68. The first-order valence-corrected chi connectivity index (χ1v) is 12.3. The molecule has 0 aliphatic rings. The highest BCUT2D eigenvalue weighted by Gasteiger charge is 2.25. The molecule has 9 nitrogen and oxygen atoms in total. The van der Waals surface area contributed by atoms with Gasteiger partial charge in [0, 0.05) is 11.5 Å². The van der Waals surface area contributed by atoms with E-state index in [-0.39, 0.29) is 15.9 Å². The summed E-state index contributed by atoms with van der Waals surface area (Å²) in [6.45, 7) is 4.92. The second kappa shape index (κ2) is 10.4. The maximum atomic E-state index is 12.5. The van der Waals surface area contributed by atoms with Gasteiger partial charge in [0.25, 0.3) is 11.1 Å². The summed E-state index contributed by atoms with van der Waals surface area (Å²) in [6, 6.07) is 15.0. The van der Waals surface area contributed by atoms with E-state index in [9.17, 15) is 23.3 Å². The molecular formula is C23H20N4O5S2. The average Bonchev–Trinajstić information content (AvgIpc) is 3.28. The van der Waals surface area contributed by atoms with Crippen LogP contribution in [0.2, 0.25) is 0 Å². The van der Waals surface area contributed by atoms with Crippen molar-refractivity contribution >= 4 is 44.5 Å². The number of aryl methyl sites for hydroxylation is 1. The number of nitrogens with zero attached hydrogens (tertiary/aromatic N) is 3. The smallest absolute Gasteiger partial charge is 0.343 e. The van der Waals surface area contributed by atoms with E-state index in [0.717, 1.165) is 5.56 Å². The second-order valence-electron chi connectivity index (χ2n) is 7.42. The lowest BCUT2D eigenvalue weighted by Crippen LogP contribution is -2.16. The van der Waals surface area contributed by atoms with Gasteiger partial charge in [-0.05, 0) is 56.7 Å². The molecule has 0 spiro atoms. The molecular weight excluding hydrogens is 476 g/mol. The molecule has 2 aromatic carbocycles. The van der Waals surface area contributed by atoms with E-state index >= 15 is 0 Å². The molecule has 1 aromatic heterocycles. The predicted molar refractivity (Wildman–Crippen MR) is 127 cm³/mol. The van der Waals surface area contributed by atoms with E-state index in [4.69, 9.17) is 4.74 Å². The van der Waals surface area contributed by atoms with Crippen LogP contribution < -0.4 is 10.1 Å². The summed E-state index contributed by atoms with van der Waals surface area (Å²) in [6.07, 6.45) is 1.34. The average molecular weight is 497 g/mol. The number of benzene rings is 2. The van der Waals surface area contributed by atoms with Gasteiger partial charge < -0.3 is 4.74 Å². The number of amides is 1. The number of sulfone groups is 1. The highest BCUT2D eigenvalue weighted by atomic mass is 32.2. The van der Waals surface area contributed by atoms with Crippen LogP contribution in [0.25, 0.3) is 6.08 Å². The van der Waals surface area contributed by atoms with E-state index < -0.39 is 27.0 Å². The molecule has 0 unspecified atom stereocenters. The van der Waals surface area contributed by atoms with Crippen molar-refractivity contribution in [3.63, 3.8) is 0 Å². The Morgan fingerprint density at radius 1 is 1.12 bits per heavy atom. The summed E-state index contributed by atoms with van der Waals surface area (Å²) in [5.41, 5.74) is 1.73. The zero-order valence-electron chi connectivity index (χ0n) is 18.5. The molecule has 34 heavy (non-hydrogen) atoms. The third-order valence-corrected chi connectivity index (χ3v) is 7.24. The quantitative estimate of drug-likeness (QED) is 0.226. The lowest BCUT2D eigenvalue weighted by molar-refractivity contribution is -0.112. The minimum absolute atomic E-state index is 0.0382. The molecule has 0 bridgehead atoms. The van der Waals surface area contributed by atoms with Gasteiger partial charge in [0.15, 0.2) is 0 Å². The monoisotopic (exact) mass is 496 g/mol.